The number of aliphatic carboxylic acids is 1. The molecular weight excluding hydrogens is 346 g/mol. The Morgan fingerprint density at radius 2 is 2.15 bits per heavy atom. The summed E-state index contributed by atoms with van der Waals surface area (Å²) in [7, 11) is 0. The number of hydrogen-bond donors (Lipinski definition) is 1. The molecule has 0 aliphatic rings. The summed E-state index contributed by atoms with van der Waals surface area (Å²) in [6.45, 7) is 9.96. The van der Waals surface area contributed by atoms with Crippen molar-refractivity contribution in [1.29, 1.82) is 0 Å². The molecule has 5 heteroatoms. The second kappa shape index (κ2) is 7.30. The first-order chi connectivity index (χ1) is 12.4. The molecule has 0 saturated heterocycles. The van der Waals surface area contributed by atoms with E-state index in [9.17, 15) is 9.90 Å². The van der Waals surface area contributed by atoms with Crippen molar-refractivity contribution in [3.63, 3.8) is 0 Å². The molecule has 3 aromatic rings. The highest BCUT2D eigenvalue weighted by Gasteiger charge is 2.20. The molecule has 0 aliphatic heterocycles. The van der Waals surface area contributed by atoms with Crippen molar-refractivity contribution in [2.75, 3.05) is 0 Å². The van der Waals surface area contributed by atoms with Gasteiger partial charge in [0.05, 0.1) is 5.92 Å². The lowest BCUT2D eigenvalue weighted by molar-refractivity contribution is -0.138. The highest BCUT2D eigenvalue weighted by molar-refractivity contribution is 7.17. The van der Waals surface area contributed by atoms with Crippen LogP contribution in [0.5, 0.6) is 5.75 Å². The van der Waals surface area contributed by atoms with Gasteiger partial charge in [-0.3, -0.25) is 9.78 Å². The molecule has 0 aliphatic carbocycles. The molecule has 0 amide bonds. The highest BCUT2D eigenvalue weighted by atomic mass is 32.1. The summed E-state index contributed by atoms with van der Waals surface area (Å²) >= 11 is 1.53. The molecule has 1 N–H and O–H groups in total. The van der Waals surface area contributed by atoms with Gasteiger partial charge in [0, 0.05) is 27.0 Å². The summed E-state index contributed by atoms with van der Waals surface area (Å²) in [6.07, 6.45) is 1.75. The fourth-order valence-electron chi connectivity index (χ4n) is 2.92. The minimum absolute atomic E-state index is 0.435. The Morgan fingerprint density at radius 3 is 2.81 bits per heavy atom. The van der Waals surface area contributed by atoms with Gasteiger partial charge in [-0.1, -0.05) is 18.7 Å². The zero-order valence-electron chi connectivity index (χ0n) is 15.1. The Hall–Kier alpha value is -2.66. The minimum atomic E-state index is -0.831. The lowest BCUT2D eigenvalue weighted by Crippen LogP contribution is -2.07. The summed E-state index contributed by atoms with van der Waals surface area (Å²) in [5, 5.41) is 12.2. The summed E-state index contributed by atoms with van der Waals surface area (Å²) < 4.78 is 6.98. The third-order valence-corrected chi connectivity index (χ3v) is 5.44. The molecule has 26 heavy (non-hydrogen) atoms. The van der Waals surface area contributed by atoms with Crippen molar-refractivity contribution in [1.82, 2.24) is 4.98 Å². The summed E-state index contributed by atoms with van der Waals surface area (Å²) in [4.78, 5) is 15.8. The standard InChI is InChI=1S/C21H21NO3S/c1-5-15-8-17(25-10-16-7-6-12(2)22-14(16)4)9-19-20(15)18(11-26-19)13(3)21(23)24/h5-9,11,13H,1,10H2,2-4H3,(H,23,24). The number of thiophene rings is 1. The molecule has 4 nitrogen and oxygen atoms in total. The predicted molar refractivity (Wildman–Crippen MR) is 106 cm³/mol. The molecule has 134 valence electrons. The number of ether oxygens (including phenoxy) is 1. The van der Waals surface area contributed by atoms with Gasteiger partial charge in [0.2, 0.25) is 0 Å². The fourth-order valence-corrected chi connectivity index (χ4v) is 4.04. The van der Waals surface area contributed by atoms with Gasteiger partial charge in [0.1, 0.15) is 12.4 Å². The lowest BCUT2D eigenvalue weighted by atomic mass is 9.97. The van der Waals surface area contributed by atoms with E-state index in [-0.39, 0.29) is 0 Å². The van der Waals surface area contributed by atoms with Crippen molar-refractivity contribution in [3.8, 4) is 5.75 Å². The van der Waals surface area contributed by atoms with Crippen molar-refractivity contribution in [2.24, 2.45) is 0 Å². The van der Waals surface area contributed by atoms with Gasteiger partial charge in [0.15, 0.2) is 0 Å². The van der Waals surface area contributed by atoms with Crippen LogP contribution in [0, 0.1) is 13.8 Å². The maximum atomic E-state index is 11.4. The van der Waals surface area contributed by atoms with Crippen LogP contribution >= 0.6 is 11.3 Å². The Morgan fingerprint density at radius 1 is 1.38 bits per heavy atom. The number of aryl methyl sites for hydroxylation is 2. The number of pyridine rings is 1. The van der Waals surface area contributed by atoms with Gasteiger partial charge in [0.25, 0.3) is 0 Å². The Kier molecular flexibility index (Phi) is 5.09. The summed E-state index contributed by atoms with van der Waals surface area (Å²) in [5.74, 6) is -0.651. The molecule has 1 unspecified atom stereocenters. The van der Waals surface area contributed by atoms with Gasteiger partial charge < -0.3 is 9.84 Å². The molecule has 2 aromatic heterocycles. The number of fused-ring (bicyclic) bond motifs is 1. The Labute approximate surface area is 156 Å². The van der Waals surface area contributed by atoms with Crippen molar-refractivity contribution in [3.05, 3.63) is 64.3 Å². The predicted octanol–water partition coefficient (Wildman–Crippen LogP) is 5.32. The van der Waals surface area contributed by atoms with Crippen LogP contribution < -0.4 is 4.74 Å². The quantitative estimate of drug-likeness (QED) is 0.640. The topological polar surface area (TPSA) is 59.4 Å². The molecule has 2 heterocycles. The Balaban J connectivity index is 1.93. The number of rotatable bonds is 6. The number of nitrogens with zero attached hydrogens (tertiary/aromatic N) is 1. The average molecular weight is 367 g/mol. The number of hydrogen-bond acceptors (Lipinski definition) is 4. The largest absolute Gasteiger partial charge is 0.489 e. The van der Waals surface area contributed by atoms with E-state index in [1.54, 1.807) is 13.0 Å². The van der Waals surface area contributed by atoms with E-state index in [2.05, 4.69) is 11.6 Å². The number of carboxylic acid groups (broad SMARTS) is 1. The Bertz CT molecular complexity index is 990. The first kappa shape index (κ1) is 18.1. The number of benzene rings is 1. The minimum Gasteiger partial charge on any atom is -0.489 e. The van der Waals surface area contributed by atoms with E-state index in [4.69, 9.17) is 4.74 Å². The van der Waals surface area contributed by atoms with E-state index < -0.39 is 11.9 Å². The smallest absolute Gasteiger partial charge is 0.310 e. The van der Waals surface area contributed by atoms with E-state index in [0.717, 1.165) is 43.9 Å². The lowest BCUT2D eigenvalue weighted by Gasteiger charge is -2.12. The average Bonchev–Trinajstić information content (AvgIpc) is 3.03. The summed E-state index contributed by atoms with van der Waals surface area (Å²) in [5.41, 5.74) is 4.70. The zero-order valence-corrected chi connectivity index (χ0v) is 15.9. The van der Waals surface area contributed by atoms with Crippen LogP contribution in [0.15, 0.2) is 36.2 Å². The van der Waals surface area contributed by atoms with E-state index in [0.29, 0.717) is 6.61 Å². The van der Waals surface area contributed by atoms with E-state index in [1.807, 2.05) is 43.5 Å². The number of aromatic nitrogens is 1. The molecule has 1 atom stereocenters. The molecule has 1 aromatic carbocycles. The molecule has 0 bridgehead atoms. The third kappa shape index (κ3) is 3.48. The maximum Gasteiger partial charge on any atom is 0.310 e. The second-order valence-electron chi connectivity index (χ2n) is 6.33. The first-order valence-electron chi connectivity index (χ1n) is 8.37. The highest BCUT2D eigenvalue weighted by Crippen LogP contribution is 2.37. The van der Waals surface area contributed by atoms with Crippen molar-refractivity contribution < 1.29 is 14.6 Å². The van der Waals surface area contributed by atoms with Crippen LogP contribution in [0.1, 0.15) is 40.9 Å². The number of carbonyl (C=O) groups is 1. The van der Waals surface area contributed by atoms with Gasteiger partial charge >= 0.3 is 5.97 Å². The van der Waals surface area contributed by atoms with Gasteiger partial charge in [-0.15, -0.1) is 11.3 Å². The molecule has 0 spiro atoms. The molecular formula is C21H21NO3S. The van der Waals surface area contributed by atoms with Crippen molar-refractivity contribution in [2.45, 2.75) is 33.3 Å². The van der Waals surface area contributed by atoms with E-state index in [1.165, 1.54) is 11.3 Å². The molecule has 0 saturated carbocycles. The second-order valence-corrected chi connectivity index (χ2v) is 7.24. The van der Waals surface area contributed by atoms with Gasteiger partial charge in [-0.25, -0.2) is 0 Å². The first-order valence-corrected chi connectivity index (χ1v) is 9.25. The van der Waals surface area contributed by atoms with Gasteiger partial charge in [-0.05, 0) is 55.5 Å². The van der Waals surface area contributed by atoms with Crippen LogP contribution in [0.25, 0.3) is 16.2 Å². The summed E-state index contributed by atoms with van der Waals surface area (Å²) in [6, 6.07) is 7.88. The monoisotopic (exact) mass is 367 g/mol. The van der Waals surface area contributed by atoms with Crippen molar-refractivity contribution >= 4 is 33.5 Å². The van der Waals surface area contributed by atoms with Crippen LogP contribution in [0.2, 0.25) is 0 Å². The SMILES string of the molecule is C=Cc1cc(OCc2ccc(C)nc2C)cc2scc(C(C)C(=O)O)c12. The van der Waals surface area contributed by atoms with Gasteiger partial charge in [-0.2, -0.15) is 0 Å². The zero-order chi connectivity index (χ0) is 18.8. The van der Waals surface area contributed by atoms with E-state index >= 15 is 0 Å². The van der Waals surface area contributed by atoms with Crippen LogP contribution in [-0.4, -0.2) is 16.1 Å². The van der Waals surface area contributed by atoms with Crippen LogP contribution in [-0.2, 0) is 11.4 Å². The fraction of sp³-hybridized carbons (Fsp3) is 0.238. The molecule has 0 fully saturated rings. The third-order valence-electron chi connectivity index (χ3n) is 4.49. The molecule has 3 rings (SSSR count). The van der Waals surface area contributed by atoms with Crippen LogP contribution in [0.3, 0.4) is 0 Å². The van der Waals surface area contributed by atoms with Crippen LogP contribution in [0.4, 0.5) is 0 Å². The maximum absolute atomic E-state index is 11.4. The number of carboxylic acids is 1. The molecule has 0 radical (unpaired) electrons. The normalized spacial score (nSPS) is 12.1.